The second kappa shape index (κ2) is 12.7. The van der Waals surface area contributed by atoms with Gasteiger partial charge in [-0.1, -0.05) is 44.1 Å². The average Bonchev–Trinajstić information content (AvgIpc) is 3.29. The minimum absolute atomic E-state index is 0.0159. The molecule has 134 valence electrons. The maximum atomic E-state index is 11.7. The van der Waals surface area contributed by atoms with Crippen molar-refractivity contribution in [1.82, 2.24) is 0 Å². The van der Waals surface area contributed by atoms with Gasteiger partial charge in [0.1, 0.15) is 6.10 Å². The highest BCUT2D eigenvalue weighted by atomic mass is 16.6. The Morgan fingerprint density at radius 3 is 2.62 bits per heavy atom. The molecule has 0 bridgehead atoms. The molecule has 0 radical (unpaired) electrons. The number of aliphatic carboxylic acids is 1. The van der Waals surface area contributed by atoms with E-state index in [0.717, 1.165) is 19.3 Å². The number of carbonyl (C=O) groups excluding carboxylic acids is 1. The van der Waals surface area contributed by atoms with E-state index in [1.54, 1.807) is 12.2 Å². The van der Waals surface area contributed by atoms with Gasteiger partial charge in [0.05, 0.1) is 6.10 Å². The fourth-order valence-electron chi connectivity index (χ4n) is 2.38. The summed E-state index contributed by atoms with van der Waals surface area (Å²) in [5.41, 5.74) is 0. The molecule has 1 fully saturated rings. The molecular weight excluding hydrogens is 304 g/mol. The zero-order valence-electron chi connectivity index (χ0n) is 14.7. The van der Waals surface area contributed by atoms with Gasteiger partial charge in [-0.3, -0.25) is 9.59 Å². The van der Waals surface area contributed by atoms with Crippen molar-refractivity contribution >= 4 is 11.8 Å². The van der Waals surface area contributed by atoms with Gasteiger partial charge in [0, 0.05) is 12.8 Å². The van der Waals surface area contributed by atoms with Crippen molar-refractivity contribution in [3.63, 3.8) is 0 Å². The Morgan fingerprint density at radius 2 is 1.88 bits per heavy atom. The molecule has 0 aromatic carbocycles. The number of epoxide rings is 1. The van der Waals surface area contributed by atoms with Crippen LogP contribution in [0.5, 0.6) is 0 Å². The van der Waals surface area contributed by atoms with E-state index in [0.29, 0.717) is 12.8 Å². The van der Waals surface area contributed by atoms with Crippen LogP contribution in [-0.2, 0) is 14.3 Å². The van der Waals surface area contributed by atoms with Crippen molar-refractivity contribution in [1.29, 1.82) is 0 Å². The third-order valence-corrected chi connectivity index (χ3v) is 3.87. The summed E-state index contributed by atoms with van der Waals surface area (Å²) >= 11 is 0. The number of hydrogen-bond donors (Lipinski definition) is 1. The number of ketones is 1. The van der Waals surface area contributed by atoms with Crippen molar-refractivity contribution in [3.05, 3.63) is 36.5 Å². The van der Waals surface area contributed by atoms with E-state index in [2.05, 4.69) is 19.1 Å². The molecule has 0 amide bonds. The van der Waals surface area contributed by atoms with Crippen molar-refractivity contribution in [2.24, 2.45) is 0 Å². The number of carbonyl (C=O) groups is 2. The van der Waals surface area contributed by atoms with E-state index in [4.69, 9.17) is 9.84 Å². The molecule has 24 heavy (non-hydrogen) atoms. The molecule has 2 atom stereocenters. The zero-order valence-corrected chi connectivity index (χ0v) is 14.7. The lowest BCUT2D eigenvalue weighted by atomic mass is 10.1. The molecule has 1 aliphatic heterocycles. The number of unbranched alkanes of at least 4 members (excludes halogenated alkanes) is 3. The number of carboxylic acids is 1. The lowest BCUT2D eigenvalue weighted by Crippen LogP contribution is -1.98. The van der Waals surface area contributed by atoms with E-state index in [-0.39, 0.29) is 24.4 Å². The topological polar surface area (TPSA) is 66.9 Å². The highest BCUT2D eigenvalue weighted by Gasteiger charge is 2.35. The summed E-state index contributed by atoms with van der Waals surface area (Å²) in [7, 11) is 0. The molecule has 0 saturated carbocycles. The molecule has 4 nitrogen and oxygen atoms in total. The highest BCUT2D eigenvalue weighted by Crippen LogP contribution is 2.28. The highest BCUT2D eigenvalue weighted by molar-refractivity contribution is 5.90. The Morgan fingerprint density at radius 1 is 1.08 bits per heavy atom. The number of rotatable bonds is 14. The first-order valence-electron chi connectivity index (χ1n) is 9.01. The maximum Gasteiger partial charge on any atom is 0.303 e. The normalized spacial score (nSPS) is 20.4. The monoisotopic (exact) mass is 334 g/mol. The lowest BCUT2D eigenvalue weighted by molar-refractivity contribution is -0.137. The van der Waals surface area contributed by atoms with Gasteiger partial charge < -0.3 is 9.84 Å². The average molecular weight is 334 g/mol. The molecule has 1 aliphatic rings. The second-order valence-electron chi connectivity index (χ2n) is 6.13. The third kappa shape index (κ3) is 10.9. The predicted molar refractivity (Wildman–Crippen MR) is 96.0 cm³/mol. The van der Waals surface area contributed by atoms with Gasteiger partial charge in [0.15, 0.2) is 5.78 Å². The molecule has 1 N–H and O–H groups in total. The van der Waals surface area contributed by atoms with Crippen LogP contribution in [0.3, 0.4) is 0 Å². The molecular formula is C20H30O4. The fraction of sp³-hybridized carbons (Fsp3) is 0.600. The summed E-state index contributed by atoms with van der Waals surface area (Å²) in [6, 6.07) is 0. The van der Waals surface area contributed by atoms with E-state index >= 15 is 0 Å². The number of hydrogen-bond acceptors (Lipinski definition) is 3. The number of allylic oxidation sites excluding steroid dienone is 5. The molecule has 0 aromatic rings. The summed E-state index contributed by atoms with van der Waals surface area (Å²) in [6.07, 6.45) is 19.4. The Bertz CT molecular complexity index is 462. The minimum atomic E-state index is -0.777. The first-order valence-corrected chi connectivity index (χ1v) is 9.01. The van der Waals surface area contributed by atoms with E-state index in [1.165, 1.54) is 19.3 Å². The molecule has 2 unspecified atom stereocenters. The van der Waals surface area contributed by atoms with Crippen LogP contribution in [0.15, 0.2) is 36.5 Å². The molecule has 0 aromatic heterocycles. The van der Waals surface area contributed by atoms with Crippen molar-refractivity contribution in [2.45, 2.75) is 76.9 Å². The molecule has 0 spiro atoms. The Labute approximate surface area is 145 Å². The first-order chi connectivity index (χ1) is 11.6. The summed E-state index contributed by atoms with van der Waals surface area (Å²) in [5, 5.41) is 8.56. The summed E-state index contributed by atoms with van der Waals surface area (Å²) in [6.45, 7) is 2.20. The van der Waals surface area contributed by atoms with Gasteiger partial charge >= 0.3 is 5.97 Å². The van der Waals surface area contributed by atoms with Crippen LogP contribution < -0.4 is 0 Å². The minimum Gasteiger partial charge on any atom is -0.481 e. The number of ether oxygens (including phenoxy) is 1. The van der Waals surface area contributed by atoms with Crippen LogP contribution in [0.1, 0.15) is 64.7 Å². The van der Waals surface area contributed by atoms with Gasteiger partial charge in [-0.15, -0.1) is 0 Å². The van der Waals surface area contributed by atoms with Crippen molar-refractivity contribution in [2.75, 3.05) is 0 Å². The quantitative estimate of drug-likeness (QED) is 0.218. The SMILES string of the molecule is CCCCC/C=C\C/C=C\CC(=O)/C=C/C1OC1CCCC(=O)O. The largest absolute Gasteiger partial charge is 0.481 e. The molecule has 1 heterocycles. The second-order valence-corrected chi connectivity index (χ2v) is 6.13. The maximum absolute atomic E-state index is 11.7. The Hall–Kier alpha value is -1.68. The molecule has 1 rings (SSSR count). The van der Waals surface area contributed by atoms with Crippen LogP contribution in [0.2, 0.25) is 0 Å². The van der Waals surface area contributed by atoms with Gasteiger partial charge in [-0.2, -0.15) is 0 Å². The van der Waals surface area contributed by atoms with Crippen LogP contribution in [0.4, 0.5) is 0 Å². The van der Waals surface area contributed by atoms with Gasteiger partial charge in [0.25, 0.3) is 0 Å². The van der Waals surface area contributed by atoms with Crippen LogP contribution >= 0.6 is 0 Å². The Kier molecular flexibility index (Phi) is 10.8. The summed E-state index contributed by atoms with van der Waals surface area (Å²) in [5.74, 6) is -0.710. The van der Waals surface area contributed by atoms with Gasteiger partial charge in [-0.05, 0) is 44.3 Å². The standard InChI is InChI=1S/C20H30O4/c1-2-3-4-5-6-7-8-9-10-12-17(21)15-16-19-18(24-19)13-11-14-20(22)23/h6-7,9-10,15-16,18-19H,2-5,8,11-14H2,1H3,(H,22,23)/b7-6-,10-9-,16-15+. The van der Waals surface area contributed by atoms with Gasteiger partial charge in [0.2, 0.25) is 0 Å². The Balaban J connectivity index is 2.03. The molecule has 4 heteroatoms. The summed E-state index contributed by atoms with van der Waals surface area (Å²) in [4.78, 5) is 22.1. The van der Waals surface area contributed by atoms with E-state index in [1.807, 2.05) is 12.2 Å². The van der Waals surface area contributed by atoms with E-state index in [9.17, 15) is 9.59 Å². The van der Waals surface area contributed by atoms with Crippen molar-refractivity contribution in [3.8, 4) is 0 Å². The molecule has 1 saturated heterocycles. The van der Waals surface area contributed by atoms with Crippen molar-refractivity contribution < 1.29 is 19.4 Å². The summed E-state index contributed by atoms with van der Waals surface area (Å²) < 4.78 is 5.39. The number of carboxylic acid groups (broad SMARTS) is 1. The third-order valence-electron chi connectivity index (χ3n) is 3.87. The lowest BCUT2D eigenvalue weighted by Gasteiger charge is -1.91. The van der Waals surface area contributed by atoms with Crippen LogP contribution in [0, 0.1) is 0 Å². The van der Waals surface area contributed by atoms with Gasteiger partial charge in [-0.25, -0.2) is 0 Å². The van der Waals surface area contributed by atoms with E-state index < -0.39 is 5.97 Å². The van der Waals surface area contributed by atoms with Crippen LogP contribution in [0.25, 0.3) is 0 Å². The predicted octanol–water partition coefficient (Wildman–Crippen LogP) is 4.61. The first kappa shape index (κ1) is 20.4. The smallest absolute Gasteiger partial charge is 0.303 e. The molecule has 0 aliphatic carbocycles. The fourth-order valence-corrected chi connectivity index (χ4v) is 2.38. The zero-order chi connectivity index (χ0) is 17.6. The van der Waals surface area contributed by atoms with Crippen LogP contribution in [-0.4, -0.2) is 29.1 Å².